The molecule has 9 heteroatoms. The Kier molecular flexibility index (Phi) is 4.97. The van der Waals surface area contributed by atoms with Gasteiger partial charge < -0.3 is 14.2 Å². The second-order valence-electron chi connectivity index (χ2n) is 7.20. The molecule has 0 unspecified atom stereocenters. The summed E-state index contributed by atoms with van der Waals surface area (Å²) in [7, 11) is 1.73. The minimum atomic E-state index is -4.28. The van der Waals surface area contributed by atoms with Crippen LogP contribution in [0.5, 0.6) is 5.75 Å². The average Bonchev–Trinajstić information content (AvgIpc) is 3.28. The first-order valence-electron chi connectivity index (χ1n) is 9.40. The first-order valence-corrected chi connectivity index (χ1v) is 9.40. The molecule has 0 saturated carbocycles. The molecule has 154 valence electrons. The van der Waals surface area contributed by atoms with E-state index in [1.165, 1.54) is 10.8 Å². The van der Waals surface area contributed by atoms with Crippen molar-refractivity contribution in [2.24, 2.45) is 7.05 Å². The van der Waals surface area contributed by atoms with Crippen LogP contribution in [0, 0.1) is 0 Å². The van der Waals surface area contributed by atoms with Gasteiger partial charge in [0.05, 0.1) is 5.52 Å². The van der Waals surface area contributed by atoms with E-state index in [4.69, 9.17) is 4.74 Å². The number of carbonyl (C=O) groups is 1. The number of nitrogens with zero attached hydrogens (tertiary/aromatic N) is 4. The van der Waals surface area contributed by atoms with Crippen LogP contribution in [-0.4, -0.2) is 50.5 Å². The van der Waals surface area contributed by atoms with E-state index in [2.05, 4.69) is 5.10 Å². The molecule has 4 rings (SSSR count). The number of aryl methyl sites for hydroxylation is 1. The summed E-state index contributed by atoms with van der Waals surface area (Å²) in [6, 6.07) is 8.47. The maximum atomic E-state index is 12.8. The van der Waals surface area contributed by atoms with Crippen LogP contribution in [0.2, 0.25) is 0 Å². The van der Waals surface area contributed by atoms with Gasteiger partial charge in [-0.1, -0.05) is 6.07 Å². The van der Waals surface area contributed by atoms with Gasteiger partial charge >= 0.3 is 6.18 Å². The molecule has 0 spiro atoms. The van der Waals surface area contributed by atoms with E-state index in [0.717, 1.165) is 0 Å². The molecule has 0 atom stereocenters. The Morgan fingerprint density at radius 3 is 2.62 bits per heavy atom. The van der Waals surface area contributed by atoms with Gasteiger partial charge in [0.1, 0.15) is 24.1 Å². The van der Waals surface area contributed by atoms with Gasteiger partial charge in [-0.25, -0.2) is 0 Å². The van der Waals surface area contributed by atoms with Crippen molar-refractivity contribution < 1.29 is 22.7 Å². The molecular formula is C20H21F3N4O2. The van der Waals surface area contributed by atoms with Gasteiger partial charge in [-0.3, -0.25) is 9.48 Å². The molecule has 0 radical (unpaired) electrons. The Morgan fingerprint density at radius 2 is 1.97 bits per heavy atom. The van der Waals surface area contributed by atoms with Gasteiger partial charge in [-0.05, 0) is 24.3 Å². The van der Waals surface area contributed by atoms with Crippen molar-refractivity contribution in [3.8, 4) is 5.75 Å². The number of hydrogen-bond donors (Lipinski definition) is 0. The summed E-state index contributed by atoms with van der Waals surface area (Å²) >= 11 is 0. The predicted molar refractivity (Wildman–Crippen MR) is 101 cm³/mol. The Balaban J connectivity index is 1.43. The molecule has 1 fully saturated rings. The molecule has 1 aliphatic heterocycles. The van der Waals surface area contributed by atoms with Crippen LogP contribution in [0.15, 0.2) is 42.7 Å². The highest BCUT2D eigenvalue weighted by Gasteiger charge is 2.29. The molecule has 1 aliphatic rings. The number of ether oxygens (including phenoxy) is 1. The van der Waals surface area contributed by atoms with Crippen LogP contribution in [0.3, 0.4) is 0 Å². The highest BCUT2D eigenvalue weighted by molar-refractivity contribution is 5.92. The van der Waals surface area contributed by atoms with E-state index in [-0.39, 0.29) is 12.0 Å². The van der Waals surface area contributed by atoms with Crippen molar-refractivity contribution in [3.63, 3.8) is 0 Å². The number of piperidine rings is 1. The molecule has 1 saturated heterocycles. The number of aromatic nitrogens is 3. The standard InChI is InChI=1S/C20H21F3N4O2/c1-25-17(5-9-24-25)19(28)26-10-6-14(7-11-26)29-18-4-2-3-16-15(18)8-12-27(16)13-20(21,22)23/h2-5,8-9,12,14H,6-7,10-11,13H2,1H3. The van der Waals surface area contributed by atoms with Crippen molar-refractivity contribution in [1.82, 2.24) is 19.2 Å². The van der Waals surface area contributed by atoms with Crippen molar-refractivity contribution >= 4 is 16.8 Å². The lowest BCUT2D eigenvalue weighted by Crippen LogP contribution is -2.42. The summed E-state index contributed by atoms with van der Waals surface area (Å²) in [5.41, 5.74) is 1.03. The zero-order valence-corrected chi connectivity index (χ0v) is 15.9. The molecule has 0 bridgehead atoms. The fourth-order valence-electron chi connectivity index (χ4n) is 3.73. The van der Waals surface area contributed by atoms with E-state index in [1.54, 1.807) is 53.2 Å². The van der Waals surface area contributed by atoms with Crippen LogP contribution in [0.25, 0.3) is 10.9 Å². The summed E-state index contributed by atoms with van der Waals surface area (Å²) in [6.07, 6.45) is -0.0423. The number of benzene rings is 1. The smallest absolute Gasteiger partial charge is 0.406 e. The number of halogens is 3. The molecule has 1 aromatic carbocycles. The summed E-state index contributed by atoms with van der Waals surface area (Å²) in [5.74, 6) is 0.509. The van der Waals surface area contributed by atoms with Crippen molar-refractivity contribution in [2.45, 2.75) is 31.7 Å². The molecule has 0 aliphatic carbocycles. The Morgan fingerprint density at radius 1 is 1.21 bits per heavy atom. The zero-order chi connectivity index (χ0) is 20.6. The normalized spacial score (nSPS) is 15.8. The van der Waals surface area contributed by atoms with Gasteiger partial charge in [0.25, 0.3) is 5.91 Å². The minimum absolute atomic E-state index is 0.0604. The van der Waals surface area contributed by atoms with Crippen molar-refractivity contribution in [3.05, 3.63) is 48.4 Å². The number of hydrogen-bond acceptors (Lipinski definition) is 3. The molecule has 6 nitrogen and oxygen atoms in total. The number of likely N-dealkylation sites (tertiary alicyclic amines) is 1. The van der Waals surface area contributed by atoms with Crippen molar-refractivity contribution in [2.75, 3.05) is 13.1 Å². The lowest BCUT2D eigenvalue weighted by molar-refractivity contribution is -0.139. The van der Waals surface area contributed by atoms with Gasteiger partial charge in [-0.2, -0.15) is 18.3 Å². The third kappa shape index (κ3) is 4.08. The second-order valence-corrected chi connectivity index (χ2v) is 7.20. The SMILES string of the molecule is Cn1nccc1C(=O)N1CCC(Oc2cccc3c2ccn3CC(F)(F)F)CC1. The van der Waals surface area contributed by atoms with E-state index < -0.39 is 12.7 Å². The third-order valence-corrected chi connectivity index (χ3v) is 5.19. The Bertz CT molecular complexity index is 1020. The summed E-state index contributed by atoms with van der Waals surface area (Å²) < 4.78 is 47.1. The summed E-state index contributed by atoms with van der Waals surface area (Å²) in [4.78, 5) is 14.3. The zero-order valence-electron chi connectivity index (χ0n) is 15.9. The molecule has 3 heterocycles. The summed E-state index contributed by atoms with van der Waals surface area (Å²) in [6.45, 7) is 0.0773. The molecule has 0 N–H and O–H groups in total. The van der Waals surface area contributed by atoms with Crippen LogP contribution < -0.4 is 4.74 Å². The first-order chi connectivity index (χ1) is 13.8. The lowest BCUT2D eigenvalue weighted by Gasteiger charge is -2.32. The van der Waals surface area contributed by atoms with Crippen LogP contribution in [-0.2, 0) is 13.6 Å². The highest BCUT2D eigenvalue weighted by Crippen LogP contribution is 2.31. The van der Waals surface area contributed by atoms with Crippen LogP contribution >= 0.6 is 0 Å². The molecule has 2 aromatic heterocycles. The summed E-state index contributed by atoms with van der Waals surface area (Å²) in [5, 5.41) is 4.69. The number of amides is 1. The number of carbonyl (C=O) groups excluding carboxylic acids is 1. The average molecular weight is 406 g/mol. The molecule has 1 amide bonds. The Labute approximate surface area is 165 Å². The van der Waals surface area contributed by atoms with E-state index in [1.807, 2.05) is 0 Å². The molecule has 29 heavy (non-hydrogen) atoms. The molecule has 3 aromatic rings. The highest BCUT2D eigenvalue weighted by atomic mass is 19.4. The predicted octanol–water partition coefficient (Wildman–Crippen LogP) is 3.62. The first kappa shape index (κ1) is 19.4. The minimum Gasteiger partial charge on any atom is -0.490 e. The van der Waals surface area contributed by atoms with Gasteiger partial charge in [0, 0.05) is 50.8 Å². The largest absolute Gasteiger partial charge is 0.490 e. The maximum absolute atomic E-state index is 12.8. The number of alkyl halides is 3. The quantitative estimate of drug-likeness (QED) is 0.665. The van der Waals surface area contributed by atoms with E-state index >= 15 is 0 Å². The number of rotatable bonds is 4. The monoisotopic (exact) mass is 406 g/mol. The fraction of sp³-hybridized carbons (Fsp3) is 0.400. The van der Waals surface area contributed by atoms with Gasteiger partial charge in [0.2, 0.25) is 0 Å². The van der Waals surface area contributed by atoms with E-state index in [9.17, 15) is 18.0 Å². The van der Waals surface area contributed by atoms with Gasteiger partial charge in [0.15, 0.2) is 0 Å². The third-order valence-electron chi connectivity index (χ3n) is 5.19. The Hall–Kier alpha value is -2.97. The van der Waals surface area contributed by atoms with Crippen LogP contribution in [0.4, 0.5) is 13.2 Å². The number of fused-ring (bicyclic) bond motifs is 1. The topological polar surface area (TPSA) is 52.3 Å². The second kappa shape index (κ2) is 7.46. The van der Waals surface area contributed by atoms with Gasteiger partial charge in [-0.15, -0.1) is 0 Å². The van der Waals surface area contributed by atoms with E-state index in [0.29, 0.717) is 48.3 Å². The fourth-order valence-corrected chi connectivity index (χ4v) is 3.73. The maximum Gasteiger partial charge on any atom is 0.406 e. The van der Waals surface area contributed by atoms with Crippen molar-refractivity contribution in [1.29, 1.82) is 0 Å². The lowest BCUT2D eigenvalue weighted by atomic mass is 10.1. The molecular weight excluding hydrogens is 385 g/mol. The van der Waals surface area contributed by atoms with Crippen LogP contribution in [0.1, 0.15) is 23.3 Å².